The zero-order valence-corrected chi connectivity index (χ0v) is 8.75. The van der Waals surface area contributed by atoms with Crippen LogP contribution < -0.4 is 16.8 Å². The molecule has 7 heteroatoms. The van der Waals surface area contributed by atoms with Crippen LogP contribution in [0.4, 0.5) is 18.9 Å². The van der Waals surface area contributed by atoms with Crippen LogP contribution in [0.1, 0.15) is 12.0 Å². The number of aliphatic imine (C=N–C) groups is 1. The third-order valence-electron chi connectivity index (χ3n) is 2.34. The van der Waals surface area contributed by atoms with E-state index >= 15 is 0 Å². The minimum atomic E-state index is -4.42. The molecule has 2 rings (SSSR count). The molecule has 1 atom stereocenters. The number of benzene rings is 1. The standard InChI is InChI=1S/C10H11F3N4/c11-9(12,13)5-10(15)16-7-4-2-1-3-6(7)8(14)17-10/h1-4,16H,5,15H2,(H2,14,17). The van der Waals surface area contributed by atoms with Gasteiger partial charge in [0.25, 0.3) is 0 Å². The summed E-state index contributed by atoms with van der Waals surface area (Å²) in [5.74, 6) is -1.93. The molecule has 17 heavy (non-hydrogen) atoms. The first-order valence-corrected chi connectivity index (χ1v) is 4.88. The first-order chi connectivity index (χ1) is 7.79. The lowest BCUT2D eigenvalue weighted by Crippen LogP contribution is -2.52. The molecular formula is C10H11F3N4. The van der Waals surface area contributed by atoms with Gasteiger partial charge in [0.2, 0.25) is 0 Å². The van der Waals surface area contributed by atoms with Gasteiger partial charge < -0.3 is 11.1 Å². The lowest BCUT2D eigenvalue weighted by atomic mass is 10.1. The normalized spacial score (nSPS) is 23.6. The molecular weight excluding hydrogens is 233 g/mol. The molecule has 92 valence electrons. The van der Waals surface area contributed by atoms with E-state index in [1.165, 1.54) is 0 Å². The molecule has 1 aromatic carbocycles. The number of nitrogens with one attached hydrogen (secondary N) is 1. The Kier molecular flexibility index (Phi) is 2.50. The van der Waals surface area contributed by atoms with E-state index < -0.39 is 18.4 Å². The van der Waals surface area contributed by atoms with Crippen LogP contribution in [-0.4, -0.2) is 17.8 Å². The summed E-state index contributed by atoms with van der Waals surface area (Å²) in [5, 5.41) is 2.55. The summed E-state index contributed by atoms with van der Waals surface area (Å²) in [6.45, 7) is 0. The number of nitrogens with zero attached hydrogens (tertiary/aromatic N) is 1. The van der Waals surface area contributed by atoms with E-state index in [0.29, 0.717) is 11.3 Å². The van der Waals surface area contributed by atoms with Crippen molar-refractivity contribution < 1.29 is 13.2 Å². The molecule has 0 amide bonds. The molecule has 0 radical (unpaired) electrons. The Morgan fingerprint density at radius 3 is 2.59 bits per heavy atom. The lowest BCUT2D eigenvalue weighted by Gasteiger charge is -2.33. The van der Waals surface area contributed by atoms with E-state index in [0.717, 1.165) is 0 Å². The van der Waals surface area contributed by atoms with Crippen molar-refractivity contribution in [2.24, 2.45) is 16.5 Å². The van der Waals surface area contributed by atoms with Crippen molar-refractivity contribution in [3.8, 4) is 0 Å². The number of amidine groups is 1. The van der Waals surface area contributed by atoms with E-state index in [1.807, 2.05) is 0 Å². The highest BCUT2D eigenvalue weighted by Crippen LogP contribution is 2.32. The molecule has 1 unspecified atom stereocenters. The molecule has 0 aromatic heterocycles. The van der Waals surface area contributed by atoms with Crippen LogP contribution in [0.15, 0.2) is 29.3 Å². The van der Waals surface area contributed by atoms with Gasteiger partial charge in [-0.2, -0.15) is 13.2 Å². The van der Waals surface area contributed by atoms with Crippen LogP contribution in [0, 0.1) is 0 Å². The number of hydrogen-bond acceptors (Lipinski definition) is 4. The fourth-order valence-corrected chi connectivity index (χ4v) is 1.74. The molecule has 1 aromatic rings. The summed E-state index contributed by atoms with van der Waals surface area (Å²) in [5.41, 5.74) is 12.2. The minimum absolute atomic E-state index is 0.00565. The fourth-order valence-electron chi connectivity index (χ4n) is 1.74. The molecule has 0 fully saturated rings. The van der Waals surface area contributed by atoms with Gasteiger partial charge in [-0.05, 0) is 12.1 Å². The number of alkyl halides is 3. The van der Waals surface area contributed by atoms with E-state index in [2.05, 4.69) is 10.3 Å². The van der Waals surface area contributed by atoms with Gasteiger partial charge in [0.05, 0.1) is 0 Å². The fraction of sp³-hybridized carbons (Fsp3) is 0.300. The zero-order chi connectivity index (χ0) is 12.7. The molecule has 5 N–H and O–H groups in total. The number of fused-ring (bicyclic) bond motifs is 1. The average Bonchev–Trinajstić information content (AvgIpc) is 2.13. The Labute approximate surface area is 95.5 Å². The second-order valence-electron chi connectivity index (χ2n) is 3.88. The molecule has 1 heterocycles. The summed E-state index contributed by atoms with van der Waals surface area (Å²) >= 11 is 0. The van der Waals surface area contributed by atoms with Gasteiger partial charge in [0, 0.05) is 11.3 Å². The van der Waals surface area contributed by atoms with Crippen molar-refractivity contribution in [1.29, 1.82) is 0 Å². The lowest BCUT2D eigenvalue weighted by molar-refractivity contribution is -0.144. The van der Waals surface area contributed by atoms with Crippen LogP contribution in [0.3, 0.4) is 0 Å². The molecule has 1 aliphatic heterocycles. The molecule has 0 saturated heterocycles. The van der Waals surface area contributed by atoms with Crippen molar-refractivity contribution in [2.75, 3.05) is 5.32 Å². The average molecular weight is 244 g/mol. The van der Waals surface area contributed by atoms with E-state index in [9.17, 15) is 13.2 Å². The van der Waals surface area contributed by atoms with Crippen molar-refractivity contribution in [2.45, 2.75) is 18.4 Å². The number of halogens is 3. The molecule has 1 aliphatic rings. The first-order valence-electron chi connectivity index (χ1n) is 4.88. The predicted octanol–water partition coefficient (Wildman–Crippen LogP) is 1.38. The van der Waals surface area contributed by atoms with Crippen LogP contribution in [0.2, 0.25) is 0 Å². The summed E-state index contributed by atoms with van der Waals surface area (Å²) in [6, 6.07) is 6.66. The zero-order valence-electron chi connectivity index (χ0n) is 8.75. The third kappa shape index (κ3) is 2.50. The van der Waals surface area contributed by atoms with Gasteiger partial charge in [-0.1, -0.05) is 12.1 Å². The Morgan fingerprint density at radius 1 is 1.29 bits per heavy atom. The number of para-hydroxylation sites is 1. The number of hydrogen-bond donors (Lipinski definition) is 3. The summed E-state index contributed by atoms with van der Waals surface area (Å²) in [4.78, 5) is 3.68. The van der Waals surface area contributed by atoms with Crippen LogP contribution in [-0.2, 0) is 0 Å². The van der Waals surface area contributed by atoms with Gasteiger partial charge in [0.1, 0.15) is 12.3 Å². The summed E-state index contributed by atoms with van der Waals surface area (Å²) < 4.78 is 37.1. The molecule has 0 aliphatic carbocycles. The van der Waals surface area contributed by atoms with Crippen molar-refractivity contribution in [3.05, 3.63) is 29.8 Å². The highest BCUT2D eigenvalue weighted by molar-refractivity contribution is 6.04. The minimum Gasteiger partial charge on any atom is -0.383 e. The Hall–Kier alpha value is -1.76. The van der Waals surface area contributed by atoms with Gasteiger partial charge in [-0.15, -0.1) is 0 Å². The van der Waals surface area contributed by atoms with Gasteiger partial charge in [-0.25, -0.2) is 4.99 Å². The van der Waals surface area contributed by atoms with Crippen LogP contribution in [0.25, 0.3) is 0 Å². The SMILES string of the molecule is NC1=NC(N)(CC(F)(F)F)Nc2ccccc21. The summed E-state index contributed by atoms with van der Waals surface area (Å²) in [7, 11) is 0. The molecule has 0 saturated carbocycles. The Balaban J connectivity index is 2.36. The topological polar surface area (TPSA) is 76.4 Å². The highest BCUT2D eigenvalue weighted by Gasteiger charge is 2.42. The van der Waals surface area contributed by atoms with Crippen molar-refractivity contribution in [3.63, 3.8) is 0 Å². The maximum Gasteiger partial charge on any atom is 0.394 e. The van der Waals surface area contributed by atoms with Crippen molar-refractivity contribution >= 4 is 11.5 Å². The summed E-state index contributed by atoms with van der Waals surface area (Å²) in [6.07, 6.45) is -5.70. The van der Waals surface area contributed by atoms with Gasteiger partial charge in [0.15, 0.2) is 5.79 Å². The second kappa shape index (κ2) is 3.63. The monoisotopic (exact) mass is 244 g/mol. The highest BCUT2D eigenvalue weighted by atomic mass is 19.4. The molecule has 4 nitrogen and oxygen atoms in total. The quantitative estimate of drug-likeness (QED) is 0.698. The second-order valence-corrected chi connectivity index (χ2v) is 3.88. The molecule has 0 bridgehead atoms. The number of nitrogens with two attached hydrogens (primary N) is 2. The smallest absolute Gasteiger partial charge is 0.383 e. The van der Waals surface area contributed by atoms with E-state index in [4.69, 9.17) is 11.5 Å². The predicted molar refractivity (Wildman–Crippen MR) is 58.4 cm³/mol. The third-order valence-corrected chi connectivity index (χ3v) is 2.34. The van der Waals surface area contributed by atoms with E-state index in [1.54, 1.807) is 24.3 Å². The van der Waals surface area contributed by atoms with Crippen LogP contribution >= 0.6 is 0 Å². The van der Waals surface area contributed by atoms with Gasteiger partial charge >= 0.3 is 6.18 Å². The maximum absolute atomic E-state index is 12.4. The Bertz CT molecular complexity index is 469. The first kappa shape index (κ1) is 11.7. The van der Waals surface area contributed by atoms with Gasteiger partial charge in [-0.3, -0.25) is 5.73 Å². The maximum atomic E-state index is 12.4. The number of rotatable bonds is 1. The van der Waals surface area contributed by atoms with Crippen LogP contribution in [0.5, 0.6) is 0 Å². The molecule has 0 spiro atoms. The van der Waals surface area contributed by atoms with E-state index in [-0.39, 0.29) is 5.84 Å². The number of anilines is 1. The largest absolute Gasteiger partial charge is 0.394 e. The Morgan fingerprint density at radius 2 is 1.94 bits per heavy atom. The van der Waals surface area contributed by atoms with Crippen molar-refractivity contribution in [1.82, 2.24) is 0 Å².